The number of amides is 1. The SMILES string of the molecule is CCNc1ccc(Cl)cc1C(=O)Nc1nc(C2CC2)cs1. The molecule has 0 spiro atoms. The predicted molar refractivity (Wildman–Crippen MR) is 87.7 cm³/mol. The van der Waals surface area contributed by atoms with Crippen LogP contribution in [0, 0.1) is 0 Å². The first kappa shape index (κ1) is 14.4. The maximum Gasteiger partial charge on any atom is 0.259 e. The first-order valence-corrected chi connectivity index (χ1v) is 8.23. The largest absolute Gasteiger partial charge is 0.385 e. The first-order valence-electron chi connectivity index (χ1n) is 6.97. The minimum atomic E-state index is -0.190. The smallest absolute Gasteiger partial charge is 0.259 e. The van der Waals surface area contributed by atoms with Crippen molar-refractivity contribution < 1.29 is 4.79 Å². The summed E-state index contributed by atoms with van der Waals surface area (Å²) in [7, 11) is 0. The van der Waals surface area contributed by atoms with Crippen molar-refractivity contribution in [1.82, 2.24) is 4.98 Å². The van der Waals surface area contributed by atoms with Crippen LogP contribution < -0.4 is 10.6 Å². The molecule has 1 fully saturated rings. The Kier molecular flexibility index (Phi) is 4.12. The number of nitrogens with zero attached hydrogens (tertiary/aromatic N) is 1. The number of benzene rings is 1. The third-order valence-corrected chi connectivity index (χ3v) is 4.34. The fraction of sp³-hybridized carbons (Fsp3) is 0.333. The number of halogens is 1. The Labute approximate surface area is 132 Å². The van der Waals surface area contributed by atoms with Gasteiger partial charge in [-0.2, -0.15) is 0 Å². The molecule has 0 saturated heterocycles. The summed E-state index contributed by atoms with van der Waals surface area (Å²) in [4.78, 5) is 16.9. The summed E-state index contributed by atoms with van der Waals surface area (Å²) in [5.41, 5.74) is 2.40. The van der Waals surface area contributed by atoms with Gasteiger partial charge in [0.2, 0.25) is 0 Å². The van der Waals surface area contributed by atoms with Crippen LogP contribution in [0.4, 0.5) is 10.8 Å². The van der Waals surface area contributed by atoms with E-state index >= 15 is 0 Å². The van der Waals surface area contributed by atoms with E-state index in [4.69, 9.17) is 11.6 Å². The maximum absolute atomic E-state index is 12.4. The predicted octanol–water partition coefficient (Wildman–Crippen LogP) is 4.36. The molecular formula is C15H16ClN3OS. The molecule has 0 radical (unpaired) electrons. The number of hydrogen-bond donors (Lipinski definition) is 2. The maximum atomic E-state index is 12.4. The van der Waals surface area contributed by atoms with Crippen LogP contribution in [0.2, 0.25) is 5.02 Å². The lowest BCUT2D eigenvalue weighted by molar-refractivity contribution is 0.102. The minimum absolute atomic E-state index is 0.190. The minimum Gasteiger partial charge on any atom is -0.385 e. The number of rotatable bonds is 5. The van der Waals surface area contributed by atoms with Gasteiger partial charge in [0.05, 0.1) is 11.3 Å². The van der Waals surface area contributed by atoms with Crippen molar-refractivity contribution in [2.75, 3.05) is 17.2 Å². The van der Waals surface area contributed by atoms with Crippen molar-refractivity contribution in [2.24, 2.45) is 0 Å². The van der Waals surface area contributed by atoms with Gasteiger partial charge in [0, 0.05) is 28.6 Å². The van der Waals surface area contributed by atoms with E-state index in [1.165, 1.54) is 24.2 Å². The van der Waals surface area contributed by atoms with Crippen LogP contribution in [0.25, 0.3) is 0 Å². The van der Waals surface area contributed by atoms with Crippen LogP contribution >= 0.6 is 22.9 Å². The van der Waals surface area contributed by atoms with Crippen LogP contribution in [0.3, 0.4) is 0 Å². The lowest BCUT2D eigenvalue weighted by Gasteiger charge is -2.10. The molecule has 3 rings (SSSR count). The molecule has 0 aliphatic heterocycles. The number of thiazole rings is 1. The zero-order valence-electron chi connectivity index (χ0n) is 11.6. The Hall–Kier alpha value is -1.59. The molecule has 1 aromatic heterocycles. The Morgan fingerprint density at radius 3 is 3.00 bits per heavy atom. The third kappa shape index (κ3) is 3.36. The van der Waals surface area contributed by atoms with Gasteiger partial charge in [-0.05, 0) is 38.0 Å². The van der Waals surface area contributed by atoms with E-state index in [9.17, 15) is 4.79 Å². The molecule has 1 heterocycles. The number of hydrogen-bond acceptors (Lipinski definition) is 4. The molecule has 0 atom stereocenters. The zero-order valence-corrected chi connectivity index (χ0v) is 13.2. The zero-order chi connectivity index (χ0) is 14.8. The molecule has 1 amide bonds. The second kappa shape index (κ2) is 6.03. The van der Waals surface area contributed by atoms with Gasteiger partial charge in [-0.25, -0.2) is 4.98 Å². The quantitative estimate of drug-likeness (QED) is 0.860. The molecule has 1 aliphatic carbocycles. The molecule has 110 valence electrons. The van der Waals surface area contributed by atoms with Crippen LogP contribution in [-0.2, 0) is 0 Å². The van der Waals surface area contributed by atoms with E-state index in [0.717, 1.165) is 17.9 Å². The number of nitrogens with one attached hydrogen (secondary N) is 2. The van der Waals surface area contributed by atoms with Crippen LogP contribution in [0.5, 0.6) is 0 Å². The van der Waals surface area contributed by atoms with Crippen LogP contribution in [0.1, 0.15) is 41.7 Å². The Balaban J connectivity index is 1.78. The van der Waals surface area contributed by atoms with E-state index in [1.807, 2.05) is 18.4 Å². The molecule has 2 aromatic rings. The number of carbonyl (C=O) groups excluding carboxylic acids is 1. The summed E-state index contributed by atoms with van der Waals surface area (Å²) in [6.07, 6.45) is 2.41. The molecule has 6 heteroatoms. The third-order valence-electron chi connectivity index (χ3n) is 3.33. The normalized spacial score (nSPS) is 14.0. The summed E-state index contributed by atoms with van der Waals surface area (Å²) >= 11 is 7.47. The summed E-state index contributed by atoms with van der Waals surface area (Å²) in [6, 6.07) is 5.26. The lowest BCUT2D eigenvalue weighted by atomic mass is 10.1. The van der Waals surface area contributed by atoms with Crippen molar-refractivity contribution in [3.63, 3.8) is 0 Å². The van der Waals surface area contributed by atoms with Gasteiger partial charge < -0.3 is 5.32 Å². The highest BCUT2D eigenvalue weighted by Gasteiger charge is 2.26. The highest BCUT2D eigenvalue weighted by atomic mass is 35.5. The van der Waals surface area contributed by atoms with Gasteiger partial charge in [0.1, 0.15) is 0 Å². The summed E-state index contributed by atoms with van der Waals surface area (Å²) in [6.45, 7) is 2.73. The molecule has 1 aliphatic rings. The average Bonchev–Trinajstić information content (AvgIpc) is 3.22. The van der Waals surface area contributed by atoms with Crippen molar-refractivity contribution in [2.45, 2.75) is 25.7 Å². The summed E-state index contributed by atoms with van der Waals surface area (Å²) in [5.74, 6) is 0.403. The fourth-order valence-corrected chi connectivity index (χ4v) is 3.08. The van der Waals surface area contributed by atoms with Gasteiger partial charge in [0.15, 0.2) is 5.13 Å². The molecular weight excluding hydrogens is 306 g/mol. The molecule has 1 saturated carbocycles. The topological polar surface area (TPSA) is 54.0 Å². The van der Waals surface area contributed by atoms with Crippen molar-refractivity contribution in [3.05, 3.63) is 39.9 Å². The summed E-state index contributed by atoms with van der Waals surface area (Å²) in [5, 5.41) is 9.23. The van der Waals surface area contributed by atoms with Crippen molar-refractivity contribution >= 4 is 39.7 Å². The molecule has 4 nitrogen and oxygen atoms in total. The van der Waals surface area contributed by atoms with Crippen molar-refractivity contribution in [3.8, 4) is 0 Å². The number of anilines is 2. The highest BCUT2D eigenvalue weighted by Crippen LogP contribution is 2.41. The second-order valence-corrected chi connectivity index (χ2v) is 6.32. The Morgan fingerprint density at radius 1 is 1.48 bits per heavy atom. The summed E-state index contributed by atoms with van der Waals surface area (Å²) < 4.78 is 0. The van der Waals surface area contributed by atoms with E-state index in [0.29, 0.717) is 21.6 Å². The van der Waals surface area contributed by atoms with Crippen LogP contribution in [-0.4, -0.2) is 17.4 Å². The standard InChI is InChI=1S/C15H16ClN3OS/c1-2-17-12-6-5-10(16)7-11(12)14(20)19-15-18-13(8-21-15)9-3-4-9/h5-9,17H,2-4H2,1H3,(H,18,19,20). The number of aromatic nitrogens is 1. The monoisotopic (exact) mass is 321 g/mol. The molecule has 21 heavy (non-hydrogen) atoms. The number of carbonyl (C=O) groups is 1. The van der Waals surface area contributed by atoms with E-state index < -0.39 is 0 Å². The highest BCUT2D eigenvalue weighted by molar-refractivity contribution is 7.14. The van der Waals surface area contributed by atoms with Gasteiger partial charge in [0.25, 0.3) is 5.91 Å². The Morgan fingerprint density at radius 2 is 2.29 bits per heavy atom. The van der Waals surface area contributed by atoms with Gasteiger partial charge >= 0.3 is 0 Å². The fourth-order valence-electron chi connectivity index (χ4n) is 2.12. The first-order chi connectivity index (χ1) is 10.2. The van der Waals surface area contributed by atoms with Crippen LogP contribution in [0.15, 0.2) is 23.6 Å². The average molecular weight is 322 g/mol. The molecule has 0 unspecified atom stereocenters. The van der Waals surface area contributed by atoms with E-state index in [2.05, 4.69) is 15.6 Å². The molecule has 2 N–H and O–H groups in total. The molecule has 0 bridgehead atoms. The second-order valence-electron chi connectivity index (χ2n) is 5.03. The van der Waals surface area contributed by atoms with Crippen molar-refractivity contribution in [1.29, 1.82) is 0 Å². The molecule has 1 aromatic carbocycles. The van der Waals surface area contributed by atoms with E-state index in [-0.39, 0.29) is 5.91 Å². The van der Waals surface area contributed by atoms with Gasteiger partial charge in [-0.3, -0.25) is 10.1 Å². The lowest BCUT2D eigenvalue weighted by Crippen LogP contribution is -2.14. The Bertz CT molecular complexity index is 667. The van der Waals surface area contributed by atoms with Gasteiger partial charge in [-0.1, -0.05) is 11.6 Å². The van der Waals surface area contributed by atoms with Gasteiger partial charge in [-0.15, -0.1) is 11.3 Å². The van der Waals surface area contributed by atoms with E-state index in [1.54, 1.807) is 12.1 Å².